The maximum atomic E-state index is 12.4. The minimum absolute atomic E-state index is 0.0507. The number of benzene rings is 2. The highest BCUT2D eigenvalue weighted by Gasteiger charge is 2.16. The van der Waals surface area contributed by atoms with E-state index in [2.05, 4.69) is 25.6 Å². The fourth-order valence-electron chi connectivity index (χ4n) is 2.55. The van der Waals surface area contributed by atoms with Crippen molar-refractivity contribution in [3.05, 3.63) is 48.0 Å². The molecule has 0 aliphatic carbocycles. The number of methoxy groups -OCH3 is 3. The van der Waals surface area contributed by atoms with Crippen LogP contribution in [0, 0.1) is 0 Å². The summed E-state index contributed by atoms with van der Waals surface area (Å²) >= 11 is 1.15. The summed E-state index contributed by atoms with van der Waals surface area (Å²) in [7, 11) is 4.39. The molecule has 0 atom stereocenters. The van der Waals surface area contributed by atoms with Crippen LogP contribution in [-0.2, 0) is 9.53 Å². The van der Waals surface area contributed by atoms with Crippen LogP contribution in [0.25, 0.3) is 5.69 Å². The number of amides is 1. The lowest BCUT2D eigenvalue weighted by molar-refractivity contribution is -0.113. The van der Waals surface area contributed by atoms with Gasteiger partial charge in [-0.3, -0.25) is 4.79 Å². The molecule has 10 nitrogen and oxygen atoms in total. The second-order valence-electron chi connectivity index (χ2n) is 5.82. The Morgan fingerprint density at radius 3 is 2.67 bits per heavy atom. The summed E-state index contributed by atoms with van der Waals surface area (Å²) in [4.78, 5) is 24.0. The standard InChI is InChI=1S/C19H19N5O5S/c1-27-14-7-8-16(28-2)15(10-14)24-19(21-22-23-24)30-11-17(25)20-13-6-4-5-12(9-13)18(26)29-3/h4-10H,11H2,1-3H3,(H,20,25). The Morgan fingerprint density at radius 2 is 1.93 bits per heavy atom. The van der Waals surface area contributed by atoms with Crippen molar-refractivity contribution in [1.29, 1.82) is 0 Å². The fraction of sp³-hybridized carbons (Fsp3) is 0.211. The fourth-order valence-corrected chi connectivity index (χ4v) is 3.24. The van der Waals surface area contributed by atoms with Crippen molar-refractivity contribution < 1.29 is 23.8 Å². The number of carbonyl (C=O) groups is 2. The van der Waals surface area contributed by atoms with E-state index in [-0.39, 0.29) is 11.7 Å². The van der Waals surface area contributed by atoms with Crippen LogP contribution in [0.5, 0.6) is 11.5 Å². The van der Waals surface area contributed by atoms with Gasteiger partial charge < -0.3 is 19.5 Å². The summed E-state index contributed by atoms with van der Waals surface area (Å²) in [5.41, 5.74) is 1.41. The maximum Gasteiger partial charge on any atom is 0.337 e. The number of rotatable bonds is 8. The Kier molecular flexibility index (Phi) is 6.86. The minimum Gasteiger partial charge on any atom is -0.497 e. The second-order valence-corrected chi connectivity index (χ2v) is 6.76. The van der Waals surface area contributed by atoms with Crippen LogP contribution in [0.2, 0.25) is 0 Å². The van der Waals surface area contributed by atoms with Gasteiger partial charge in [0.2, 0.25) is 11.1 Å². The molecule has 0 unspecified atom stereocenters. The number of tetrazole rings is 1. The van der Waals surface area contributed by atoms with Crippen molar-refractivity contribution >= 4 is 29.3 Å². The molecule has 3 aromatic rings. The van der Waals surface area contributed by atoms with Crippen LogP contribution in [-0.4, -0.2) is 59.2 Å². The molecule has 0 saturated heterocycles. The van der Waals surface area contributed by atoms with Gasteiger partial charge in [0.15, 0.2) is 0 Å². The number of anilines is 1. The van der Waals surface area contributed by atoms with Gasteiger partial charge in [0.25, 0.3) is 0 Å². The number of esters is 1. The van der Waals surface area contributed by atoms with Crippen LogP contribution >= 0.6 is 11.8 Å². The molecule has 30 heavy (non-hydrogen) atoms. The highest BCUT2D eigenvalue weighted by atomic mass is 32.2. The summed E-state index contributed by atoms with van der Waals surface area (Å²) in [5.74, 6) is 0.449. The Labute approximate surface area is 176 Å². The van der Waals surface area contributed by atoms with E-state index in [1.807, 2.05) is 0 Å². The smallest absolute Gasteiger partial charge is 0.337 e. The van der Waals surface area contributed by atoms with E-state index in [1.54, 1.807) is 56.7 Å². The molecule has 0 fully saturated rings. The molecule has 2 aromatic carbocycles. The number of carbonyl (C=O) groups excluding carboxylic acids is 2. The zero-order valence-electron chi connectivity index (χ0n) is 16.5. The third-order valence-electron chi connectivity index (χ3n) is 3.95. The lowest BCUT2D eigenvalue weighted by atomic mass is 10.2. The van der Waals surface area contributed by atoms with E-state index in [0.29, 0.717) is 33.6 Å². The molecule has 156 valence electrons. The molecular formula is C19H19N5O5S. The van der Waals surface area contributed by atoms with Gasteiger partial charge in [-0.25, -0.2) is 4.79 Å². The van der Waals surface area contributed by atoms with Gasteiger partial charge in [0.1, 0.15) is 17.2 Å². The van der Waals surface area contributed by atoms with Crippen molar-refractivity contribution in [3.63, 3.8) is 0 Å². The predicted octanol–water partition coefficient (Wildman–Crippen LogP) is 2.20. The van der Waals surface area contributed by atoms with Crippen LogP contribution in [0.1, 0.15) is 10.4 Å². The molecule has 1 aromatic heterocycles. The van der Waals surface area contributed by atoms with Gasteiger partial charge in [0.05, 0.1) is 32.6 Å². The first-order valence-electron chi connectivity index (χ1n) is 8.67. The molecule has 0 spiro atoms. The number of thioether (sulfide) groups is 1. The number of aromatic nitrogens is 4. The van der Waals surface area contributed by atoms with Gasteiger partial charge >= 0.3 is 5.97 Å². The SMILES string of the molecule is COC(=O)c1cccc(NC(=O)CSc2nnnn2-c2cc(OC)ccc2OC)c1. The lowest BCUT2D eigenvalue weighted by Gasteiger charge is -2.11. The second kappa shape index (κ2) is 9.74. The number of ether oxygens (including phenoxy) is 3. The molecule has 0 radical (unpaired) electrons. The topological polar surface area (TPSA) is 117 Å². The molecule has 0 aliphatic heterocycles. The van der Waals surface area contributed by atoms with Crippen LogP contribution in [0.4, 0.5) is 5.69 Å². The Bertz CT molecular complexity index is 1060. The molecule has 0 bridgehead atoms. The summed E-state index contributed by atoms with van der Waals surface area (Å²) in [5, 5.41) is 14.8. The van der Waals surface area contributed by atoms with Gasteiger partial charge in [-0.1, -0.05) is 17.8 Å². The first-order valence-corrected chi connectivity index (χ1v) is 9.66. The molecule has 1 N–H and O–H groups in total. The van der Waals surface area contributed by atoms with Crippen LogP contribution in [0.15, 0.2) is 47.6 Å². The Morgan fingerprint density at radius 1 is 1.10 bits per heavy atom. The van der Waals surface area contributed by atoms with E-state index < -0.39 is 5.97 Å². The summed E-state index contributed by atoms with van der Waals surface area (Å²) in [6.45, 7) is 0. The van der Waals surface area contributed by atoms with E-state index >= 15 is 0 Å². The zero-order chi connectivity index (χ0) is 21.5. The largest absolute Gasteiger partial charge is 0.497 e. The monoisotopic (exact) mass is 429 g/mol. The molecule has 1 heterocycles. The van der Waals surface area contributed by atoms with Gasteiger partial charge in [-0.2, -0.15) is 4.68 Å². The molecule has 11 heteroatoms. The first kappa shape index (κ1) is 21.1. The summed E-state index contributed by atoms with van der Waals surface area (Å²) in [6, 6.07) is 11.7. The Balaban J connectivity index is 1.71. The Hall–Kier alpha value is -3.60. The van der Waals surface area contributed by atoms with E-state index in [1.165, 1.54) is 11.8 Å². The summed E-state index contributed by atoms with van der Waals surface area (Å²) in [6.07, 6.45) is 0. The average molecular weight is 429 g/mol. The van der Waals surface area contributed by atoms with Gasteiger partial charge in [-0.05, 0) is 40.8 Å². The highest BCUT2D eigenvalue weighted by Crippen LogP contribution is 2.29. The quantitative estimate of drug-likeness (QED) is 0.425. The lowest BCUT2D eigenvalue weighted by Crippen LogP contribution is -2.15. The van der Waals surface area contributed by atoms with Gasteiger partial charge in [-0.15, -0.1) is 5.10 Å². The van der Waals surface area contributed by atoms with Crippen LogP contribution in [0.3, 0.4) is 0 Å². The van der Waals surface area contributed by atoms with Gasteiger partial charge in [0, 0.05) is 11.8 Å². The molecule has 0 aliphatic rings. The average Bonchev–Trinajstić information content (AvgIpc) is 3.25. The predicted molar refractivity (Wildman–Crippen MR) is 109 cm³/mol. The van der Waals surface area contributed by atoms with Crippen molar-refractivity contribution in [3.8, 4) is 17.2 Å². The van der Waals surface area contributed by atoms with Crippen molar-refractivity contribution in [2.24, 2.45) is 0 Å². The molecule has 1 amide bonds. The third-order valence-corrected chi connectivity index (χ3v) is 4.87. The normalized spacial score (nSPS) is 10.4. The number of hydrogen-bond donors (Lipinski definition) is 1. The highest BCUT2D eigenvalue weighted by molar-refractivity contribution is 7.99. The zero-order valence-corrected chi connectivity index (χ0v) is 17.3. The number of nitrogens with one attached hydrogen (secondary N) is 1. The third kappa shape index (κ3) is 4.87. The first-order chi connectivity index (χ1) is 14.5. The van der Waals surface area contributed by atoms with Crippen LogP contribution < -0.4 is 14.8 Å². The van der Waals surface area contributed by atoms with E-state index in [4.69, 9.17) is 9.47 Å². The number of hydrogen-bond acceptors (Lipinski definition) is 9. The maximum absolute atomic E-state index is 12.4. The molecule has 3 rings (SSSR count). The van der Waals surface area contributed by atoms with Crippen molar-refractivity contribution in [2.75, 3.05) is 32.4 Å². The van der Waals surface area contributed by atoms with E-state index in [0.717, 1.165) is 11.8 Å². The van der Waals surface area contributed by atoms with Crippen molar-refractivity contribution in [1.82, 2.24) is 20.2 Å². The van der Waals surface area contributed by atoms with Crippen molar-refractivity contribution in [2.45, 2.75) is 5.16 Å². The minimum atomic E-state index is -0.480. The van der Waals surface area contributed by atoms with E-state index in [9.17, 15) is 9.59 Å². The summed E-state index contributed by atoms with van der Waals surface area (Å²) < 4.78 is 16.8. The number of nitrogens with zero attached hydrogens (tertiary/aromatic N) is 4. The molecular weight excluding hydrogens is 410 g/mol. The molecule has 0 saturated carbocycles.